The minimum Gasteiger partial charge on any atom is -0.481 e. The fourth-order valence-electron chi connectivity index (χ4n) is 6.17. The SMILES string of the molecule is COc1cccc(-c2ccc(Cn3ccc4c(OC)ncc(C(=O)NC5CC6(C5)CC(C(=O)O)C6)c43)cc2)n1. The van der Waals surface area contributed by atoms with Crippen LogP contribution in [0.3, 0.4) is 0 Å². The molecular weight excluding hydrogens is 496 g/mol. The summed E-state index contributed by atoms with van der Waals surface area (Å²) in [6, 6.07) is 15.8. The van der Waals surface area contributed by atoms with Crippen LogP contribution < -0.4 is 14.8 Å². The first-order valence-electron chi connectivity index (χ1n) is 13.0. The highest BCUT2D eigenvalue weighted by Crippen LogP contribution is 2.58. The van der Waals surface area contributed by atoms with Gasteiger partial charge in [0.05, 0.1) is 42.3 Å². The molecule has 6 rings (SSSR count). The Labute approximate surface area is 225 Å². The van der Waals surface area contributed by atoms with Crippen LogP contribution in [0.4, 0.5) is 0 Å². The lowest BCUT2D eigenvalue weighted by Gasteiger charge is -2.56. The highest BCUT2D eigenvalue weighted by Gasteiger charge is 2.55. The summed E-state index contributed by atoms with van der Waals surface area (Å²) >= 11 is 0. The first kappa shape index (κ1) is 24.9. The Bertz CT molecular complexity index is 1550. The lowest BCUT2D eigenvalue weighted by molar-refractivity contribution is -0.155. The molecule has 3 heterocycles. The van der Waals surface area contributed by atoms with E-state index in [4.69, 9.17) is 9.47 Å². The summed E-state index contributed by atoms with van der Waals surface area (Å²) in [5.41, 5.74) is 4.23. The molecule has 2 N–H and O–H groups in total. The molecule has 2 fully saturated rings. The van der Waals surface area contributed by atoms with Crippen molar-refractivity contribution in [1.29, 1.82) is 0 Å². The molecule has 9 heteroatoms. The van der Waals surface area contributed by atoms with Crippen LogP contribution in [0.25, 0.3) is 22.2 Å². The van der Waals surface area contributed by atoms with E-state index < -0.39 is 5.97 Å². The normalized spacial score (nSPS) is 21.7. The van der Waals surface area contributed by atoms with Gasteiger partial charge in [-0.05, 0) is 48.8 Å². The van der Waals surface area contributed by atoms with Crippen molar-refractivity contribution in [2.75, 3.05) is 14.2 Å². The molecule has 0 saturated heterocycles. The quantitative estimate of drug-likeness (QED) is 0.346. The van der Waals surface area contributed by atoms with Crippen LogP contribution in [-0.2, 0) is 11.3 Å². The molecular formula is C30H30N4O5. The molecule has 200 valence electrons. The predicted molar refractivity (Wildman–Crippen MR) is 145 cm³/mol. The Kier molecular flexibility index (Phi) is 6.21. The maximum Gasteiger partial charge on any atom is 0.306 e. The Hall–Kier alpha value is -4.40. The van der Waals surface area contributed by atoms with E-state index in [9.17, 15) is 14.7 Å². The molecule has 39 heavy (non-hydrogen) atoms. The lowest BCUT2D eigenvalue weighted by Crippen LogP contribution is -2.57. The van der Waals surface area contributed by atoms with E-state index in [2.05, 4.69) is 27.4 Å². The number of rotatable bonds is 8. The summed E-state index contributed by atoms with van der Waals surface area (Å²) in [4.78, 5) is 33.5. The van der Waals surface area contributed by atoms with Gasteiger partial charge < -0.3 is 24.5 Å². The number of benzene rings is 1. The smallest absolute Gasteiger partial charge is 0.306 e. The van der Waals surface area contributed by atoms with Gasteiger partial charge >= 0.3 is 5.97 Å². The largest absolute Gasteiger partial charge is 0.481 e. The summed E-state index contributed by atoms with van der Waals surface area (Å²) in [7, 11) is 3.17. The molecule has 2 aliphatic carbocycles. The van der Waals surface area contributed by atoms with Gasteiger partial charge in [0.2, 0.25) is 11.8 Å². The second-order valence-corrected chi connectivity index (χ2v) is 10.7. The number of pyridine rings is 2. The highest BCUT2D eigenvalue weighted by molar-refractivity contribution is 6.07. The number of ether oxygens (including phenoxy) is 2. The zero-order chi connectivity index (χ0) is 27.1. The van der Waals surface area contributed by atoms with E-state index in [0.29, 0.717) is 36.7 Å². The molecule has 1 spiro atoms. The van der Waals surface area contributed by atoms with Crippen molar-refractivity contribution in [3.05, 3.63) is 72.1 Å². The monoisotopic (exact) mass is 526 g/mol. The Morgan fingerprint density at radius 3 is 2.51 bits per heavy atom. The van der Waals surface area contributed by atoms with Crippen LogP contribution >= 0.6 is 0 Å². The Balaban J connectivity index is 1.21. The third kappa shape index (κ3) is 4.58. The molecule has 3 aromatic heterocycles. The van der Waals surface area contributed by atoms with Gasteiger partial charge in [-0.1, -0.05) is 30.3 Å². The standard InChI is InChI=1S/C30H30N4O5/c1-38-25-5-3-4-24(33-25)19-8-6-18(7-9-19)17-34-11-10-22-26(34)23(16-31-28(22)39-2)27(35)32-21-14-30(15-21)12-20(13-30)29(36)37/h3-11,16,20-21H,12-15,17H2,1-2H3,(H,32,35)(H,36,37). The zero-order valence-electron chi connectivity index (χ0n) is 21.9. The number of carboxylic acid groups (broad SMARTS) is 1. The van der Waals surface area contributed by atoms with Gasteiger partial charge in [0.25, 0.3) is 5.91 Å². The number of amides is 1. The second kappa shape index (κ2) is 9.72. The van der Waals surface area contributed by atoms with Crippen molar-refractivity contribution < 1.29 is 24.2 Å². The first-order valence-corrected chi connectivity index (χ1v) is 13.0. The maximum absolute atomic E-state index is 13.4. The summed E-state index contributed by atoms with van der Waals surface area (Å²) in [6.07, 6.45) is 6.58. The number of carbonyl (C=O) groups excluding carboxylic acids is 1. The number of fused-ring (bicyclic) bond motifs is 1. The maximum atomic E-state index is 13.4. The van der Waals surface area contributed by atoms with Gasteiger partial charge in [0.1, 0.15) is 0 Å². The summed E-state index contributed by atoms with van der Waals surface area (Å²) in [6.45, 7) is 0.561. The topological polar surface area (TPSA) is 116 Å². The number of hydrogen-bond acceptors (Lipinski definition) is 6. The third-order valence-electron chi connectivity index (χ3n) is 8.14. The summed E-state index contributed by atoms with van der Waals surface area (Å²) < 4.78 is 12.8. The number of carboxylic acids is 1. The van der Waals surface area contributed by atoms with Crippen molar-refractivity contribution >= 4 is 22.8 Å². The van der Waals surface area contributed by atoms with E-state index >= 15 is 0 Å². The zero-order valence-corrected chi connectivity index (χ0v) is 21.9. The predicted octanol–water partition coefficient (Wildman–Crippen LogP) is 4.54. The Morgan fingerprint density at radius 1 is 1.05 bits per heavy atom. The van der Waals surface area contributed by atoms with Crippen molar-refractivity contribution in [3.63, 3.8) is 0 Å². The van der Waals surface area contributed by atoms with Gasteiger partial charge in [-0.2, -0.15) is 0 Å². The molecule has 1 amide bonds. The van der Waals surface area contributed by atoms with Gasteiger partial charge in [0, 0.05) is 36.6 Å². The third-order valence-corrected chi connectivity index (χ3v) is 8.14. The number of hydrogen-bond donors (Lipinski definition) is 2. The van der Waals surface area contributed by atoms with Crippen molar-refractivity contribution in [3.8, 4) is 23.0 Å². The molecule has 0 atom stereocenters. The van der Waals surface area contributed by atoms with Crippen LogP contribution in [0, 0.1) is 11.3 Å². The van der Waals surface area contributed by atoms with E-state index in [1.165, 1.54) is 0 Å². The number of carbonyl (C=O) groups is 2. The number of methoxy groups -OCH3 is 2. The van der Waals surface area contributed by atoms with Crippen molar-refractivity contribution in [2.45, 2.75) is 38.3 Å². The second-order valence-electron chi connectivity index (χ2n) is 10.7. The molecule has 2 saturated carbocycles. The van der Waals surface area contributed by atoms with Gasteiger partial charge in [0.15, 0.2) is 0 Å². The van der Waals surface area contributed by atoms with Crippen LogP contribution in [0.2, 0.25) is 0 Å². The van der Waals surface area contributed by atoms with Crippen LogP contribution in [-0.4, -0.2) is 51.8 Å². The van der Waals surface area contributed by atoms with Crippen LogP contribution in [0.1, 0.15) is 41.6 Å². The highest BCUT2D eigenvalue weighted by atomic mass is 16.5. The van der Waals surface area contributed by atoms with Crippen LogP contribution in [0.5, 0.6) is 11.8 Å². The minimum atomic E-state index is -0.716. The molecule has 0 bridgehead atoms. The summed E-state index contributed by atoms with van der Waals surface area (Å²) in [5, 5.41) is 13.1. The first-order chi connectivity index (χ1) is 18.9. The number of aliphatic carboxylic acids is 1. The molecule has 0 unspecified atom stereocenters. The van der Waals surface area contributed by atoms with Crippen molar-refractivity contribution in [1.82, 2.24) is 19.9 Å². The fraction of sp³-hybridized carbons (Fsp3) is 0.333. The number of nitrogens with zero attached hydrogens (tertiary/aromatic N) is 3. The molecule has 0 radical (unpaired) electrons. The average Bonchev–Trinajstić information content (AvgIpc) is 3.32. The lowest BCUT2D eigenvalue weighted by atomic mass is 9.50. The fourth-order valence-corrected chi connectivity index (χ4v) is 6.17. The Morgan fingerprint density at radius 2 is 1.82 bits per heavy atom. The molecule has 1 aromatic carbocycles. The molecule has 9 nitrogen and oxygen atoms in total. The van der Waals surface area contributed by atoms with E-state index in [1.807, 2.05) is 47.2 Å². The van der Waals surface area contributed by atoms with Gasteiger partial charge in [-0.15, -0.1) is 0 Å². The average molecular weight is 527 g/mol. The molecule has 4 aromatic rings. The van der Waals surface area contributed by atoms with Gasteiger partial charge in [-0.25, -0.2) is 9.97 Å². The van der Waals surface area contributed by atoms with Crippen LogP contribution in [0.15, 0.2) is 60.9 Å². The van der Waals surface area contributed by atoms with E-state index in [-0.39, 0.29) is 23.3 Å². The van der Waals surface area contributed by atoms with Crippen molar-refractivity contribution in [2.24, 2.45) is 11.3 Å². The molecule has 0 aliphatic heterocycles. The number of nitrogens with one attached hydrogen (secondary N) is 1. The molecule has 2 aliphatic rings. The van der Waals surface area contributed by atoms with E-state index in [1.54, 1.807) is 20.4 Å². The minimum absolute atomic E-state index is 0.0468. The number of aromatic nitrogens is 3. The van der Waals surface area contributed by atoms with E-state index in [0.717, 1.165) is 40.6 Å². The summed E-state index contributed by atoms with van der Waals surface area (Å²) in [5.74, 6) is -0.0960. The van der Waals surface area contributed by atoms with Gasteiger partial charge in [-0.3, -0.25) is 9.59 Å².